The van der Waals surface area contributed by atoms with E-state index < -0.39 is 30.2 Å². The zero-order valence-electron chi connectivity index (χ0n) is 20.6. The van der Waals surface area contributed by atoms with Crippen LogP contribution in [0.25, 0.3) is 0 Å². The lowest BCUT2D eigenvalue weighted by Gasteiger charge is -2.27. The average Bonchev–Trinajstić information content (AvgIpc) is 3.38. The number of aromatic carboxylic acids is 1. The third kappa shape index (κ3) is 6.44. The summed E-state index contributed by atoms with van der Waals surface area (Å²) >= 11 is 0. The molecule has 0 bridgehead atoms. The number of hydrogen-bond acceptors (Lipinski definition) is 4. The van der Waals surface area contributed by atoms with Gasteiger partial charge in [-0.2, -0.15) is 4.39 Å². The molecule has 1 fully saturated rings. The first-order chi connectivity index (χ1) is 18.2. The number of ether oxygens (including phenoxy) is 1. The van der Waals surface area contributed by atoms with Crippen LogP contribution in [0.15, 0.2) is 66.7 Å². The van der Waals surface area contributed by atoms with Crippen LogP contribution in [0.2, 0.25) is 0 Å². The number of nitrogens with zero attached hydrogens (tertiary/aromatic N) is 1. The number of likely N-dealkylation sites (tertiary alicyclic amines) is 1. The van der Waals surface area contributed by atoms with Crippen LogP contribution < -0.4 is 15.4 Å². The van der Waals surface area contributed by atoms with Crippen LogP contribution in [-0.2, 0) is 11.2 Å². The molecule has 1 unspecified atom stereocenters. The number of urea groups is 1. The van der Waals surface area contributed by atoms with Gasteiger partial charge < -0.3 is 25.4 Å². The number of carboxylic acids is 1. The van der Waals surface area contributed by atoms with E-state index in [0.29, 0.717) is 36.2 Å². The van der Waals surface area contributed by atoms with Gasteiger partial charge in [0.25, 0.3) is 6.36 Å². The van der Waals surface area contributed by atoms with E-state index in [1.807, 2.05) is 0 Å². The lowest BCUT2D eigenvalue weighted by atomic mass is 10.1. The molecule has 4 rings (SSSR count). The molecule has 1 saturated heterocycles. The van der Waals surface area contributed by atoms with E-state index in [1.54, 1.807) is 31.2 Å². The minimum absolute atomic E-state index is 0.0407. The standard InChI is InChI=1S/C28H27F2N3O5/c1-17-15-18(8-13-22(17)31-28(37)32-23-6-3-2-5-21(23)29)16-25(34)33-14-4-7-24(33)26(30)38-20-11-9-19(10-12-20)27(35)36/h2-3,5-6,8-13,15,24,26H,4,7,14,16H2,1H3,(H,35,36)(H2,31,32,37)/t24-,26?/m0/s1. The number of aryl methyl sites for hydroxylation is 1. The van der Waals surface area contributed by atoms with Crippen LogP contribution in [0, 0.1) is 12.7 Å². The van der Waals surface area contributed by atoms with Crippen molar-refractivity contribution >= 4 is 29.3 Å². The van der Waals surface area contributed by atoms with Gasteiger partial charge in [0.15, 0.2) is 0 Å². The molecule has 1 heterocycles. The molecule has 198 valence electrons. The van der Waals surface area contributed by atoms with E-state index in [9.17, 15) is 18.8 Å². The van der Waals surface area contributed by atoms with Crippen LogP contribution in [0.1, 0.15) is 34.3 Å². The van der Waals surface area contributed by atoms with Gasteiger partial charge in [-0.05, 0) is 73.4 Å². The Morgan fingerprint density at radius 1 is 1.05 bits per heavy atom. The van der Waals surface area contributed by atoms with Gasteiger partial charge in [0, 0.05) is 12.2 Å². The monoisotopic (exact) mass is 523 g/mol. The Balaban J connectivity index is 1.35. The van der Waals surface area contributed by atoms with Gasteiger partial charge in [-0.1, -0.05) is 24.3 Å². The fourth-order valence-corrected chi connectivity index (χ4v) is 4.35. The number of carbonyl (C=O) groups excluding carboxylic acids is 2. The Morgan fingerprint density at radius 3 is 2.45 bits per heavy atom. The highest BCUT2D eigenvalue weighted by atomic mass is 19.1. The number of benzene rings is 3. The Labute approximate surface area is 218 Å². The van der Waals surface area contributed by atoms with Crippen molar-refractivity contribution in [2.24, 2.45) is 0 Å². The second kappa shape index (κ2) is 11.7. The third-order valence-corrected chi connectivity index (χ3v) is 6.29. The summed E-state index contributed by atoms with van der Waals surface area (Å²) in [6.45, 7) is 2.17. The first-order valence-electron chi connectivity index (χ1n) is 12.1. The number of anilines is 2. The molecule has 0 aliphatic carbocycles. The Morgan fingerprint density at radius 2 is 1.76 bits per heavy atom. The smallest absolute Gasteiger partial charge is 0.335 e. The van der Waals surface area contributed by atoms with Gasteiger partial charge in [0.2, 0.25) is 5.91 Å². The molecule has 3 N–H and O–H groups in total. The topological polar surface area (TPSA) is 108 Å². The Kier molecular flexibility index (Phi) is 8.20. The summed E-state index contributed by atoms with van der Waals surface area (Å²) in [7, 11) is 0. The van der Waals surface area contributed by atoms with Crippen molar-refractivity contribution in [1.82, 2.24) is 4.90 Å². The summed E-state index contributed by atoms with van der Waals surface area (Å²) in [6, 6.07) is 15.0. The lowest BCUT2D eigenvalue weighted by molar-refractivity contribution is -0.135. The quantitative estimate of drug-likeness (QED) is 0.367. The van der Waals surface area contributed by atoms with Crippen molar-refractivity contribution in [3.8, 4) is 5.75 Å². The van der Waals surface area contributed by atoms with Crippen molar-refractivity contribution < 1.29 is 33.0 Å². The molecular formula is C28H27F2N3O5. The number of rotatable bonds is 8. The van der Waals surface area contributed by atoms with Crippen molar-refractivity contribution in [2.45, 2.75) is 38.6 Å². The van der Waals surface area contributed by atoms with Crippen LogP contribution in [0.3, 0.4) is 0 Å². The second-order valence-electron chi connectivity index (χ2n) is 8.98. The van der Waals surface area contributed by atoms with Crippen molar-refractivity contribution in [2.75, 3.05) is 17.2 Å². The van der Waals surface area contributed by atoms with E-state index in [4.69, 9.17) is 9.84 Å². The van der Waals surface area contributed by atoms with E-state index >= 15 is 4.39 Å². The highest BCUT2D eigenvalue weighted by Crippen LogP contribution is 2.26. The highest BCUT2D eigenvalue weighted by Gasteiger charge is 2.36. The summed E-state index contributed by atoms with van der Waals surface area (Å²) in [5.74, 6) is -1.71. The molecule has 3 aromatic rings. The normalized spacial score (nSPS) is 15.6. The number of alkyl halides is 1. The molecule has 0 saturated carbocycles. The summed E-state index contributed by atoms with van der Waals surface area (Å²) in [6.07, 6.45) is -0.645. The van der Waals surface area contributed by atoms with Crippen LogP contribution in [-0.4, -0.2) is 46.9 Å². The highest BCUT2D eigenvalue weighted by molar-refractivity contribution is 6.00. The molecule has 1 aliphatic heterocycles. The molecule has 1 aliphatic rings. The van der Waals surface area contributed by atoms with Crippen LogP contribution in [0.5, 0.6) is 5.75 Å². The predicted octanol–water partition coefficient (Wildman–Crippen LogP) is 5.38. The minimum Gasteiger partial charge on any atom is -0.478 e. The fraction of sp³-hybridized carbons (Fsp3) is 0.250. The SMILES string of the molecule is Cc1cc(CC(=O)N2CCC[C@H]2C(F)Oc2ccc(C(=O)O)cc2)ccc1NC(=O)Nc1ccccc1F. The molecular weight excluding hydrogens is 496 g/mol. The van der Waals surface area contributed by atoms with Crippen LogP contribution >= 0.6 is 0 Å². The summed E-state index contributed by atoms with van der Waals surface area (Å²) < 4.78 is 34.2. The summed E-state index contributed by atoms with van der Waals surface area (Å²) in [4.78, 5) is 37.8. The number of carbonyl (C=O) groups is 3. The molecule has 2 atom stereocenters. The van der Waals surface area contributed by atoms with Crippen molar-refractivity contribution in [1.29, 1.82) is 0 Å². The average molecular weight is 524 g/mol. The van der Waals surface area contributed by atoms with Gasteiger partial charge in [-0.25, -0.2) is 14.0 Å². The number of para-hydroxylation sites is 1. The van der Waals surface area contributed by atoms with Gasteiger partial charge in [0.1, 0.15) is 11.6 Å². The maximum atomic E-state index is 15.0. The minimum atomic E-state index is -1.77. The third-order valence-electron chi connectivity index (χ3n) is 6.29. The number of halogens is 2. The Hall–Kier alpha value is -4.47. The number of nitrogens with one attached hydrogen (secondary N) is 2. The first kappa shape index (κ1) is 26.6. The maximum Gasteiger partial charge on any atom is 0.335 e. The van der Waals surface area contributed by atoms with E-state index in [2.05, 4.69) is 10.6 Å². The van der Waals surface area contributed by atoms with Crippen LogP contribution in [0.4, 0.5) is 25.0 Å². The molecule has 0 aromatic heterocycles. The summed E-state index contributed by atoms with van der Waals surface area (Å²) in [5, 5.41) is 14.1. The van der Waals surface area contributed by atoms with Gasteiger partial charge in [-0.3, -0.25) is 4.79 Å². The van der Waals surface area contributed by atoms with Gasteiger partial charge >= 0.3 is 12.0 Å². The van der Waals surface area contributed by atoms with E-state index in [0.717, 1.165) is 0 Å². The first-order valence-corrected chi connectivity index (χ1v) is 12.1. The van der Waals surface area contributed by atoms with E-state index in [1.165, 1.54) is 47.4 Å². The predicted molar refractivity (Wildman–Crippen MR) is 138 cm³/mol. The van der Waals surface area contributed by atoms with Crippen molar-refractivity contribution in [3.05, 3.63) is 89.2 Å². The number of carboxylic acid groups (broad SMARTS) is 1. The summed E-state index contributed by atoms with van der Waals surface area (Å²) in [5.41, 5.74) is 2.01. The van der Waals surface area contributed by atoms with Crippen molar-refractivity contribution in [3.63, 3.8) is 0 Å². The zero-order valence-corrected chi connectivity index (χ0v) is 20.6. The molecule has 38 heavy (non-hydrogen) atoms. The molecule has 10 heteroatoms. The largest absolute Gasteiger partial charge is 0.478 e. The van der Waals surface area contributed by atoms with Gasteiger partial charge in [0.05, 0.1) is 23.7 Å². The maximum absolute atomic E-state index is 15.0. The van der Waals surface area contributed by atoms with Gasteiger partial charge in [-0.15, -0.1) is 0 Å². The molecule has 0 radical (unpaired) electrons. The molecule has 3 amide bonds. The number of amides is 3. The molecule has 3 aromatic carbocycles. The fourth-order valence-electron chi connectivity index (χ4n) is 4.35. The van der Waals surface area contributed by atoms with E-state index in [-0.39, 0.29) is 29.3 Å². The zero-order chi connectivity index (χ0) is 27.2. The molecule has 0 spiro atoms. The molecule has 8 nitrogen and oxygen atoms in total. The second-order valence-corrected chi connectivity index (χ2v) is 8.98. The Bertz CT molecular complexity index is 1330. The number of hydrogen-bond donors (Lipinski definition) is 3. The lowest BCUT2D eigenvalue weighted by Crippen LogP contribution is -2.44.